The first-order valence-corrected chi connectivity index (χ1v) is 10.8. The standard InChI is InChI=1S/C24H32FN3O2/c1-4-6-13-30-20-8-9-21(17(5-2)14-20)24(29)27-23-10-7-19(15-22(23)25)28-12-11-18(16-28)26-3/h7-10,14-15,18,26H,4-6,11-13,16H2,1-3H3,(H,27,29). The van der Waals surface area contributed by atoms with E-state index in [4.69, 9.17) is 4.74 Å². The number of benzene rings is 2. The maximum Gasteiger partial charge on any atom is 0.256 e. The molecule has 0 radical (unpaired) electrons. The summed E-state index contributed by atoms with van der Waals surface area (Å²) >= 11 is 0. The number of likely N-dealkylation sites (N-methyl/N-ethyl adjacent to an activating group) is 1. The fraction of sp³-hybridized carbons (Fsp3) is 0.458. The Balaban J connectivity index is 1.69. The Kier molecular flexibility index (Phi) is 7.69. The molecule has 0 spiro atoms. The van der Waals surface area contributed by atoms with Crippen molar-refractivity contribution in [1.82, 2.24) is 5.32 Å². The molecule has 0 saturated carbocycles. The molecule has 1 heterocycles. The van der Waals surface area contributed by atoms with Crippen LogP contribution in [0.25, 0.3) is 0 Å². The van der Waals surface area contributed by atoms with Crippen LogP contribution < -0.4 is 20.3 Å². The lowest BCUT2D eigenvalue weighted by atomic mass is 10.0. The summed E-state index contributed by atoms with van der Waals surface area (Å²) in [6.07, 6.45) is 3.79. The molecule has 0 bridgehead atoms. The second-order valence-corrected chi connectivity index (χ2v) is 7.71. The van der Waals surface area contributed by atoms with Crippen LogP contribution in [0.1, 0.15) is 49.0 Å². The van der Waals surface area contributed by atoms with Gasteiger partial charge in [0.1, 0.15) is 11.6 Å². The van der Waals surface area contributed by atoms with Gasteiger partial charge in [-0.25, -0.2) is 4.39 Å². The minimum atomic E-state index is -0.425. The summed E-state index contributed by atoms with van der Waals surface area (Å²) in [6, 6.07) is 10.9. The van der Waals surface area contributed by atoms with E-state index in [-0.39, 0.29) is 11.6 Å². The molecule has 1 fully saturated rings. The normalized spacial score (nSPS) is 16.0. The molecule has 1 amide bonds. The summed E-state index contributed by atoms with van der Waals surface area (Å²) in [6.45, 7) is 6.52. The number of rotatable bonds is 9. The summed E-state index contributed by atoms with van der Waals surface area (Å²) in [5.74, 6) is 0.0271. The van der Waals surface area contributed by atoms with Gasteiger partial charge in [0.15, 0.2) is 0 Å². The van der Waals surface area contributed by atoms with Crippen molar-refractivity contribution in [3.05, 3.63) is 53.3 Å². The van der Waals surface area contributed by atoms with Crippen molar-refractivity contribution in [2.75, 3.05) is 37.0 Å². The van der Waals surface area contributed by atoms with E-state index in [0.29, 0.717) is 24.6 Å². The van der Waals surface area contributed by atoms with E-state index in [1.165, 1.54) is 6.07 Å². The van der Waals surface area contributed by atoms with Gasteiger partial charge in [0.05, 0.1) is 12.3 Å². The predicted octanol–water partition coefficient (Wildman–Crippen LogP) is 4.62. The highest BCUT2D eigenvalue weighted by molar-refractivity contribution is 6.05. The number of halogens is 1. The molecule has 30 heavy (non-hydrogen) atoms. The van der Waals surface area contributed by atoms with Crippen molar-refractivity contribution in [2.24, 2.45) is 0 Å². The van der Waals surface area contributed by atoms with Gasteiger partial charge in [-0.1, -0.05) is 20.3 Å². The number of amides is 1. The molecule has 2 aromatic rings. The van der Waals surface area contributed by atoms with Crippen molar-refractivity contribution in [3.63, 3.8) is 0 Å². The Hall–Kier alpha value is -2.60. The monoisotopic (exact) mass is 413 g/mol. The predicted molar refractivity (Wildman–Crippen MR) is 120 cm³/mol. The first-order valence-electron chi connectivity index (χ1n) is 10.8. The molecule has 0 aromatic heterocycles. The molecule has 1 aliphatic heterocycles. The quantitative estimate of drug-likeness (QED) is 0.589. The molecule has 0 aliphatic carbocycles. The molecular weight excluding hydrogens is 381 g/mol. The number of anilines is 2. The topological polar surface area (TPSA) is 53.6 Å². The molecule has 1 saturated heterocycles. The lowest BCUT2D eigenvalue weighted by Gasteiger charge is -2.19. The largest absolute Gasteiger partial charge is 0.494 e. The van der Waals surface area contributed by atoms with Crippen LogP contribution in [0.3, 0.4) is 0 Å². The van der Waals surface area contributed by atoms with Crippen molar-refractivity contribution >= 4 is 17.3 Å². The number of nitrogens with zero attached hydrogens (tertiary/aromatic N) is 1. The summed E-state index contributed by atoms with van der Waals surface area (Å²) in [4.78, 5) is 15.0. The maximum atomic E-state index is 14.7. The van der Waals surface area contributed by atoms with E-state index in [1.807, 2.05) is 26.1 Å². The van der Waals surface area contributed by atoms with E-state index >= 15 is 0 Å². The number of carbonyl (C=O) groups excluding carboxylic acids is 1. The first kappa shape index (κ1) is 22.1. The van der Waals surface area contributed by atoms with E-state index < -0.39 is 5.82 Å². The van der Waals surface area contributed by atoms with Gasteiger partial charge >= 0.3 is 0 Å². The fourth-order valence-electron chi connectivity index (χ4n) is 3.73. The van der Waals surface area contributed by atoms with E-state index in [9.17, 15) is 9.18 Å². The van der Waals surface area contributed by atoms with Crippen LogP contribution in [0.15, 0.2) is 36.4 Å². The lowest BCUT2D eigenvalue weighted by molar-refractivity contribution is 0.102. The molecule has 2 aromatic carbocycles. The minimum Gasteiger partial charge on any atom is -0.494 e. The van der Waals surface area contributed by atoms with Gasteiger partial charge in [-0.3, -0.25) is 4.79 Å². The molecule has 162 valence electrons. The highest BCUT2D eigenvalue weighted by Crippen LogP contribution is 2.26. The van der Waals surface area contributed by atoms with Gasteiger partial charge in [-0.05, 0) is 68.3 Å². The average Bonchev–Trinajstić information content (AvgIpc) is 3.24. The van der Waals surface area contributed by atoms with E-state index in [0.717, 1.165) is 49.4 Å². The van der Waals surface area contributed by atoms with Crippen molar-refractivity contribution < 1.29 is 13.9 Å². The Bertz CT molecular complexity index is 872. The number of hydrogen-bond donors (Lipinski definition) is 2. The van der Waals surface area contributed by atoms with Gasteiger partial charge in [-0.2, -0.15) is 0 Å². The zero-order valence-electron chi connectivity index (χ0n) is 18.1. The summed E-state index contributed by atoms with van der Waals surface area (Å²) < 4.78 is 20.4. The van der Waals surface area contributed by atoms with Gasteiger partial charge < -0.3 is 20.3 Å². The van der Waals surface area contributed by atoms with E-state index in [2.05, 4.69) is 22.5 Å². The molecule has 1 aliphatic rings. The summed E-state index contributed by atoms with van der Waals surface area (Å²) in [7, 11) is 1.95. The van der Waals surface area contributed by atoms with Gasteiger partial charge in [0, 0.05) is 30.4 Å². The highest BCUT2D eigenvalue weighted by atomic mass is 19.1. The number of nitrogens with one attached hydrogen (secondary N) is 2. The third kappa shape index (κ3) is 5.30. The first-order chi connectivity index (χ1) is 14.5. The van der Waals surface area contributed by atoms with Crippen molar-refractivity contribution in [2.45, 2.75) is 45.6 Å². The molecule has 2 N–H and O–H groups in total. The van der Waals surface area contributed by atoms with Crippen LogP contribution >= 0.6 is 0 Å². The molecule has 1 unspecified atom stereocenters. The third-order valence-corrected chi connectivity index (χ3v) is 5.63. The number of ether oxygens (including phenoxy) is 1. The molecular formula is C24H32FN3O2. The van der Waals surface area contributed by atoms with Gasteiger partial charge in [0.2, 0.25) is 0 Å². The minimum absolute atomic E-state index is 0.193. The molecule has 5 nitrogen and oxygen atoms in total. The second kappa shape index (κ2) is 10.4. The number of hydrogen-bond acceptors (Lipinski definition) is 4. The summed E-state index contributed by atoms with van der Waals surface area (Å²) in [5, 5.41) is 5.99. The zero-order valence-corrected chi connectivity index (χ0v) is 18.1. The van der Waals surface area contributed by atoms with Crippen LogP contribution in [-0.4, -0.2) is 38.7 Å². The molecule has 1 atom stereocenters. The van der Waals surface area contributed by atoms with Crippen LogP contribution in [0.4, 0.5) is 15.8 Å². The Morgan fingerprint density at radius 3 is 2.73 bits per heavy atom. The highest BCUT2D eigenvalue weighted by Gasteiger charge is 2.22. The van der Waals surface area contributed by atoms with Crippen LogP contribution in [-0.2, 0) is 6.42 Å². The number of aryl methyl sites for hydroxylation is 1. The molecule has 3 rings (SSSR count). The Morgan fingerprint density at radius 2 is 2.07 bits per heavy atom. The van der Waals surface area contributed by atoms with Crippen LogP contribution in [0.5, 0.6) is 5.75 Å². The van der Waals surface area contributed by atoms with Crippen molar-refractivity contribution in [1.29, 1.82) is 0 Å². The molecule has 6 heteroatoms. The van der Waals surface area contributed by atoms with E-state index in [1.54, 1.807) is 18.2 Å². The lowest BCUT2D eigenvalue weighted by Crippen LogP contribution is -2.29. The average molecular weight is 414 g/mol. The van der Waals surface area contributed by atoms with Crippen LogP contribution in [0.2, 0.25) is 0 Å². The summed E-state index contributed by atoms with van der Waals surface area (Å²) in [5.41, 5.74) is 2.46. The Labute approximate surface area is 178 Å². The SMILES string of the molecule is CCCCOc1ccc(C(=O)Nc2ccc(N3CCC(NC)C3)cc2F)c(CC)c1. The number of unbranched alkanes of at least 4 members (excludes halogenated alkanes) is 1. The van der Waals surface area contributed by atoms with Gasteiger partial charge in [-0.15, -0.1) is 0 Å². The maximum absolute atomic E-state index is 14.7. The fourth-order valence-corrected chi connectivity index (χ4v) is 3.73. The number of carbonyl (C=O) groups is 1. The van der Waals surface area contributed by atoms with Crippen LogP contribution in [0, 0.1) is 5.82 Å². The second-order valence-electron chi connectivity index (χ2n) is 7.71. The third-order valence-electron chi connectivity index (χ3n) is 5.63. The van der Waals surface area contributed by atoms with Gasteiger partial charge in [0.25, 0.3) is 5.91 Å². The zero-order chi connectivity index (χ0) is 21.5. The van der Waals surface area contributed by atoms with Crippen molar-refractivity contribution in [3.8, 4) is 5.75 Å². The smallest absolute Gasteiger partial charge is 0.256 e. The Morgan fingerprint density at radius 1 is 1.23 bits per heavy atom.